The van der Waals surface area contributed by atoms with Crippen LogP contribution in [-0.4, -0.2) is 6.61 Å². The molecule has 0 spiro atoms. The normalized spacial score (nSPS) is 10.9. The molecule has 0 bridgehead atoms. The Labute approximate surface area is 158 Å². The van der Waals surface area contributed by atoms with E-state index in [0.29, 0.717) is 12.4 Å². The van der Waals surface area contributed by atoms with E-state index in [2.05, 4.69) is 38.1 Å². The smallest absolute Gasteiger partial charge is 0.165 e. The highest BCUT2D eigenvalue weighted by Gasteiger charge is 2.06. The van der Waals surface area contributed by atoms with Crippen LogP contribution in [0.2, 0.25) is 0 Å². The van der Waals surface area contributed by atoms with Gasteiger partial charge in [0.2, 0.25) is 0 Å². The van der Waals surface area contributed by atoms with E-state index in [-0.39, 0.29) is 5.82 Å². The second-order valence-corrected chi connectivity index (χ2v) is 7.06. The number of benzene rings is 2. The van der Waals surface area contributed by atoms with Crippen molar-refractivity contribution in [2.45, 2.75) is 71.6 Å². The first kappa shape index (κ1) is 20.5. The third-order valence-electron chi connectivity index (χ3n) is 4.79. The fourth-order valence-corrected chi connectivity index (χ4v) is 3.13. The quantitative estimate of drug-likeness (QED) is 0.356. The first-order valence-corrected chi connectivity index (χ1v) is 10.3. The highest BCUT2D eigenvalue weighted by atomic mass is 19.1. The van der Waals surface area contributed by atoms with Crippen molar-refractivity contribution in [3.63, 3.8) is 0 Å². The maximum absolute atomic E-state index is 14.3. The SMILES string of the molecule is CCCCCCOc1ccc(-c2ccc(CCCCCC)cc2)cc1F. The molecule has 0 fully saturated rings. The van der Waals surface area contributed by atoms with E-state index in [4.69, 9.17) is 4.74 Å². The van der Waals surface area contributed by atoms with Gasteiger partial charge in [0.05, 0.1) is 6.61 Å². The van der Waals surface area contributed by atoms with Gasteiger partial charge in [-0.25, -0.2) is 4.39 Å². The molecule has 0 aliphatic carbocycles. The minimum Gasteiger partial charge on any atom is -0.491 e. The molecule has 142 valence electrons. The minimum absolute atomic E-state index is 0.276. The van der Waals surface area contributed by atoms with Crippen molar-refractivity contribution in [2.75, 3.05) is 6.61 Å². The van der Waals surface area contributed by atoms with Gasteiger partial charge in [-0.3, -0.25) is 0 Å². The third-order valence-corrected chi connectivity index (χ3v) is 4.79. The van der Waals surface area contributed by atoms with Crippen LogP contribution in [0.1, 0.15) is 70.8 Å². The lowest BCUT2D eigenvalue weighted by Crippen LogP contribution is -1.99. The van der Waals surface area contributed by atoms with Gasteiger partial charge in [0, 0.05) is 0 Å². The molecular formula is C24H33FO. The Balaban J connectivity index is 1.89. The number of unbranched alkanes of at least 4 members (excludes halogenated alkanes) is 6. The summed E-state index contributed by atoms with van der Waals surface area (Å²) in [6, 6.07) is 13.8. The molecule has 2 heteroatoms. The second-order valence-electron chi connectivity index (χ2n) is 7.06. The zero-order valence-corrected chi connectivity index (χ0v) is 16.4. The zero-order valence-electron chi connectivity index (χ0n) is 16.4. The molecule has 0 aliphatic heterocycles. The summed E-state index contributed by atoms with van der Waals surface area (Å²) in [5.74, 6) is 0.0828. The van der Waals surface area contributed by atoms with Crippen molar-refractivity contribution >= 4 is 0 Å². The molecule has 0 saturated heterocycles. The fourth-order valence-electron chi connectivity index (χ4n) is 3.13. The van der Waals surface area contributed by atoms with Gasteiger partial charge in [-0.2, -0.15) is 0 Å². The molecule has 0 atom stereocenters. The predicted octanol–water partition coefficient (Wildman–Crippen LogP) is 7.57. The van der Waals surface area contributed by atoms with E-state index in [9.17, 15) is 4.39 Å². The summed E-state index contributed by atoms with van der Waals surface area (Å²) >= 11 is 0. The fraction of sp³-hybridized carbons (Fsp3) is 0.500. The molecular weight excluding hydrogens is 323 g/mol. The maximum atomic E-state index is 14.3. The predicted molar refractivity (Wildman–Crippen MR) is 109 cm³/mol. The number of halogens is 1. The first-order valence-electron chi connectivity index (χ1n) is 10.3. The van der Waals surface area contributed by atoms with Gasteiger partial charge in [0.15, 0.2) is 11.6 Å². The zero-order chi connectivity index (χ0) is 18.6. The maximum Gasteiger partial charge on any atom is 0.165 e. The Bertz CT molecular complexity index is 633. The van der Waals surface area contributed by atoms with Gasteiger partial charge in [-0.05, 0) is 48.1 Å². The Morgan fingerprint density at radius 1 is 0.731 bits per heavy atom. The lowest BCUT2D eigenvalue weighted by Gasteiger charge is -2.09. The summed E-state index contributed by atoms with van der Waals surface area (Å²) < 4.78 is 19.9. The molecule has 2 aromatic rings. The number of aryl methyl sites for hydroxylation is 1. The van der Waals surface area contributed by atoms with Crippen molar-refractivity contribution in [3.8, 4) is 16.9 Å². The van der Waals surface area contributed by atoms with E-state index in [1.165, 1.54) is 44.1 Å². The van der Waals surface area contributed by atoms with Crippen LogP contribution in [0.5, 0.6) is 5.75 Å². The molecule has 0 saturated carbocycles. The summed E-state index contributed by atoms with van der Waals surface area (Å²) in [5, 5.41) is 0. The van der Waals surface area contributed by atoms with Gasteiger partial charge in [-0.15, -0.1) is 0 Å². The molecule has 0 heterocycles. The summed E-state index contributed by atoms with van der Waals surface area (Å²) in [4.78, 5) is 0. The Kier molecular flexibility index (Phi) is 9.23. The van der Waals surface area contributed by atoms with Crippen molar-refractivity contribution in [3.05, 3.63) is 53.8 Å². The van der Waals surface area contributed by atoms with Crippen molar-refractivity contribution < 1.29 is 9.13 Å². The lowest BCUT2D eigenvalue weighted by molar-refractivity contribution is 0.290. The average Bonchev–Trinajstić information content (AvgIpc) is 2.67. The van der Waals surface area contributed by atoms with Crippen LogP contribution in [0.15, 0.2) is 42.5 Å². The monoisotopic (exact) mass is 356 g/mol. The van der Waals surface area contributed by atoms with Crippen molar-refractivity contribution in [1.29, 1.82) is 0 Å². The molecule has 0 aromatic heterocycles. The van der Waals surface area contributed by atoms with Gasteiger partial charge in [-0.1, -0.05) is 82.7 Å². The molecule has 0 aliphatic rings. The van der Waals surface area contributed by atoms with Crippen molar-refractivity contribution in [2.24, 2.45) is 0 Å². The number of hydrogen-bond acceptors (Lipinski definition) is 1. The molecule has 0 unspecified atom stereocenters. The number of ether oxygens (including phenoxy) is 1. The summed E-state index contributed by atoms with van der Waals surface area (Å²) in [6.07, 6.45) is 10.8. The van der Waals surface area contributed by atoms with Crippen LogP contribution in [0, 0.1) is 5.82 Å². The summed E-state index contributed by atoms with van der Waals surface area (Å²) in [6.45, 7) is 5.00. The summed E-state index contributed by atoms with van der Waals surface area (Å²) in [7, 11) is 0. The lowest BCUT2D eigenvalue weighted by atomic mass is 10.0. The summed E-state index contributed by atoms with van der Waals surface area (Å²) in [5.41, 5.74) is 3.31. The van der Waals surface area contributed by atoms with Crippen LogP contribution in [0.25, 0.3) is 11.1 Å². The highest BCUT2D eigenvalue weighted by Crippen LogP contribution is 2.26. The number of rotatable bonds is 12. The average molecular weight is 357 g/mol. The molecule has 2 rings (SSSR count). The highest BCUT2D eigenvalue weighted by molar-refractivity contribution is 5.64. The molecule has 0 amide bonds. The molecule has 0 N–H and O–H groups in total. The Morgan fingerprint density at radius 3 is 2.04 bits per heavy atom. The van der Waals surface area contributed by atoms with Gasteiger partial charge in [0.1, 0.15) is 0 Å². The van der Waals surface area contributed by atoms with Gasteiger partial charge in [0.25, 0.3) is 0 Å². The topological polar surface area (TPSA) is 9.23 Å². The van der Waals surface area contributed by atoms with E-state index >= 15 is 0 Å². The number of hydrogen-bond donors (Lipinski definition) is 0. The Hall–Kier alpha value is -1.83. The van der Waals surface area contributed by atoms with E-state index in [1.54, 1.807) is 12.1 Å². The molecule has 26 heavy (non-hydrogen) atoms. The van der Waals surface area contributed by atoms with E-state index < -0.39 is 0 Å². The van der Waals surface area contributed by atoms with Crippen molar-refractivity contribution in [1.82, 2.24) is 0 Å². The van der Waals surface area contributed by atoms with Crippen LogP contribution < -0.4 is 4.74 Å². The second kappa shape index (κ2) is 11.7. The van der Waals surface area contributed by atoms with Crippen LogP contribution in [-0.2, 0) is 6.42 Å². The third kappa shape index (κ3) is 6.82. The van der Waals surface area contributed by atoms with Crippen LogP contribution >= 0.6 is 0 Å². The largest absolute Gasteiger partial charge is 0.491 e. The van der Waals surface area contributed by atoms with E-state index in [0.717, 1.165) is 30.4 Å². The first-order chi connectivity index (χ1) is 12.7. The Morgan fingerprint density at radius 2 is 1.38 bits per heavy atom. The molecule has 0 radical (unpaired) electrons. The van der Waals surface area contributed by atoms with Gasteiger partial charge < -0.3 is 4.74 Å². The molecule has 1 nitrogen and oxygen atoms in total. The standard InChI is InChI=1S/C24H33FO/c1-3-5-7-9-11-20-12-14-21(15-13-20)22-16-17-24(23(25)19-22)26-18-10-8-6-4-2/h12-17,19H,3-11,18H2,1-2H3. The van der Waals surface area contributed by atoms with E-state index in [1.807, 2.05) is 6.07 Å². The van der Waals surface area contributed by atoms with Crippen LogP contribution in [0.4, 0.5) is 4.39 Å². The molecule has 2 aromatic carbocycles. The minimum atomic E-state index is -0.276. The van der Waals surface area contributed by atoms with Gasteiger partial charge >= 0.3 is 0 Å². The van der Waals surface area contributed by atoms with Crippen LogP contribution in [0.3, 0.4) is 0 Å².